The van der Waals surface area contributed by atoms with E-state index in [1.54, 1.807) is 42.1 Å². The Balaban J connectivity index is 1.20. The Morgan fingerprint density at radius 1 is 0.939 bits per heavy atom. The summed E-state index contributed by atoms with van der Waals surface area (Å²) in [5.74, 6) is 1.21. The van der Waals surface area contributed by atoms with E-state index in [0.717, 1.165) is 5.56 Å². The maximum absolute atomic E-state index is 12.4. The van der Waals surface area contributed by atoms with Crippen LogP contribution in [0.2, 0.25) is 10.0 Å². The van der Waals surface area contributed by atoms with Gasteiger partial charge in [0.05, 0.1) is 22.2 Å². The lowest BCUT2D eigenvalue weighted by molar-refractivity contribution is -0.118. The highest BCUT2D eigenvalue weighted by Gasteiger charge is 2.28. The lowest BCUT2D eigenvalue weighted by atomic mass is 10.1. The number of nitrogens with one attached hydrogen (secondary N) is 1. The van der Waals surface area contributed by atoms with Crippen LogP contribution in [0.1, 0.15) is 22.1 Å². The molecule has 0 bridgehead atoms. The van der Waals surface area contributed by atoms with Crippen molar-refractivity contribution in [3.63, 3.8) is 0 Å². The zero-order valence-electron chi connectivity index (χ0n) is 17.3. The van der Waals surface area contributed by atoms with Gasteiger partial charge in [0.2, 0.25) is 5.91 Å². The Morgan fingerprint density at radius 3 is 2.33 bits per heavy atom. The smallest absolute Gasteiger partial charge is 0.250 e. The summed E-state index contributed by atoms with van der Waals surface area (Å²) in [6, 6.07) is 25.5. The number of benzene rings is 3. The van der Waals surface area contributed by atoms with Crippen molar-refractivity contribution in [1.82, 2.24) is 5.43 Å². The molecule has 164 valence electrons. The summed E-state index contributed by atoms with van der Waals surface area (Å²) in [5, 5.41) is 5.22. The van der Waals surface area contributed by atoms with Gasteiger partial charge in [-0.05, 0) is 52.6 Å². The van der Waals surface area contributed by atoms with Crippen LogP contribution in [0.25, 0.3) is 22.5 Å². The Labute approximate surface area is 205 Å². The molecule has 3 aromatic carbocycles. The SMILES string of the molecule is O=C(CSC1c2ccccc2-c2ccccc21)N/N=C\c1ccc(-c2ccc(Cl)cc2Cl)o1. The molecular weight excluding hydrogens is 475 g/mol. The third-order valence-corrected chi connectivity index (χ3v) is 7.18. The minimum atomic E-state index is -0.175. The van der Waals surface area contributed by atoms with Crippen LogP contribution in [0.15, 0.2) is 88.4 Å². The van der Waals surface area contributed by atoms with Crippen molar-refractivity contribution in [3.05, 3.63) is 106 Å². The van der Waals surface area contributed by atoms with Gasteiger partial charge in [-0.15, -0.1) is 11.8 Å². The van der Waals surface area contributed by atoms with Gasteiger partial charge in [0.15, 0.2) is 0 Å². The van der Waals surface area contributed by atoms with Crippen LogP contribution >= 0.6 is 35.0 Å². The van der Waals surface area contributed by atoms with Crippen molar-refractivity contribution in [2.75, 3.05) is 5.75 Å². The van der Waals surface area contributed by atoms with Crippen LogP contribution in [0.5, 0.6) is 0 Å². The number of rotatable bonds is 6. The van der Waals surface area contributed by atoms with Gasteiger partial charge in [-0.2, -0.15) is 5.10 Å². The fourth-order valence-corrected chi connectivity index (χ4v) is 5.56. The Morgan fingerprint density at radius 2 is 1.64 bits per heavy atom. The van der Waals surface area contributed by atoms with Crippen LogP contribution in [0, 0.1) is 0 Å². The van der Waals surface area contributed by atoms with Gasteiger partial charge in [-0.3, -0.25) is 4.79 Å². The van der Waals surface area contributed by atoms with Crippen molar-refractivity contribution >= 4 is 47.1 Å². The number of nitrogens with zero attached hydrogens (tertiary/aromatic N) is 1. The van der Waals surface area contributed by atoms with Crippen molar-refractivity contribution in [1.29, 1.82) is 0 Å². The molecule has 1 aromatic heterocycles. The number of carbonyl (C=O) groups excluding carboxylic acids is 1. The molecule has 4 aromatic rings. The second-order valence-corrected chi connectivity index (χ2v) is 9.42. The highest BCUT2D eigenvalue weighted by atomic mass is 35.5. The van der Waals surface area contributed by atoms with E-state index in [2.05, 4.69) is 34.8 Å². The lowest BCUT2D eigenvalue weighted by Crippen LogP contribution is -2.20. The molecule has 1 N–H and O–H groups in total. The molecule has 0 saturated heterocycles. The number of fused-ring (bicyclic) bond motifs is 3. The standard InChI is InChI=1S/C26H18Cl2N2O2S/c27-16-9-11-22(23(28)13-16)24-12-10-17(32-24)14-29-30-25(31)15-33-26-20-7-3-1-5-18(20)19-6-2-4-8-21(19)26/h1-14,26H,15H2,(H,30,31)/b29-14-. The number of carbonyl (C=O) groups is 1. The van der Waals surface area contributed by atoms with Crippen molar-refractivity contribution in [3.8, 4) is 22.5 Å². The summed E-state index contributed by atoms with van der Waals surface area (Å²) in [4.78, 5) is 12.4. The average Bonchev–Trinajstić information content (AvgIpc) is 3.40. The van der Waals surface area contributed by atoms with E-state index in [1.807, 2.05) is 24.3 Å². The Kier molecular flexibility index (Phi) is 6.27. The Bertz CT molecular complexity index is 1320. The first-order chi connectivity index (χ1) is 16.1. The fourth-order valence-electron chi connectivity index (χ4n) is 3.90. The quantitative estimate of drug-likeness (QED) is 0.228. The van der Waals surface area contributed by atoms with Crippen molar-refractivity contribution in [2.45, 2.75) is 5.25 Å². The van der Waals surface area contributed by atoms with Crippen LogP contribution in [0.4, 0.5) is 0 Å². The molecule has 0 spiro atoms. The molecule has 1 aliphatic carbocycles. The second kappa shape index (κ2) is 9.48. The number of hydrogen-bond donors (Lipinski definition) is 1. The lowest BCUT2D eigenvalue weighted by Gasteiger charge is -2.12. The minimum absolute atomic E-state index is 0.129. The summed E-state index contributed by atoms with van der Waals surface area (Å²) < 4.78 is 5.76. The summed E-state index contributed by atoms with van der Waals surface area (Å²) in [6.45, 7) is 0. The molecule has 0 aliphatic heterocycles. The number of thioether (sulfide) groups is 1. The van der Waals surface area contributed by atoms with E-state index >= 15 is 0 Å². The largest absolute Gasteiger partial charge is 0.455 e. The maximum atomic E-state index is 12.4. The minimum Gasteiger partial charge on any atom is -0.455 e. The summed E-state index contributed by atoms with van der Waals surface area (Å²) >= 11 is 13.8. The summed E-state index contributed by atoms with van der Waals surface area (Å²) in [5.41, 5.74) is 8.26. The zero-order valence-corrected chi connectivity index (χ0v) is 19.6. The molecule has 33 heavy (non-hydrogen) atoms. The van der Waals surface area contributed by atoms with Crippen LogP contribution < -0.4 is 5.43 Å². The molecule has 1 aliphatic rings. The Hall–Kier alpha value is -2.99. The topological polar surface area (TPSA) is 54.6 Å². The van der Waals surface area contributed by atoms with Gasteiger partial charge in [0, 0.05) is 10.6 Å². The molecule has 0 fully saturated rings. The zero-order chi connectivity index (χ0) is 22.8. The van der Waals surface area contributed by atoms with Gasteiger partial charge >= 0.3 is 0 Å². The molecule has 0 saturated carbocycles. The van der Waals surface area contributed by atoms with E-state index < -0.39 is 0 Å². The molecule has 5 rings (SSSR count). The van der Waals surface area contributed by atoms with Gasteiger partial charge in [0.25, 0.3) is 0 Å². The van der Waals surface area contributed by atoms with Crippen LogP contribution in [-0.2, 0) is 4.79 Å². The highest BCUT2D eigenvalue weighted by molar-refractivity contribution is 8.00. The average molecular weight is 493 g/mol. The molecule has 1 amide bonds. The first-order valence-corrected chi connectivity index (χ1v) is 12.1. The normalized spacial score (nSPS) is 12.7. The predicted molar refractivity (Wildman–Crippen MR) is 136 cm³/mol. The van der Waals surface area contributed by atoms with E-state index in [9.17, 15) is 4.79 Å². The molecule has 4 nitrogen and oxygen atoms in total. The number of hydrogen-bond acceptors (Lipinski definition) is 4. The van der Waals surface area contributed by atoms with Crippen molar-refractivity contribution < 1.29 is 9.21 Å². The van der Waals surface area contributed by atoms with Crippen LogP contribution in [-0.4, -0.2) is 17.9 Å². The van der Waals surface area contributed by atoms with Gasteiger partial charge in [0.1, 0.15) is 11.5 Å². The molecule has 1 heterocycles. The molecule has 7 heteroatoms. The third-order valence-electron chi connectivity index (χ3n) is 5.36. The molecular formula is C26H18Cl2N2O2S. The number of halogens is 2. The first kappa shape index (κ1) is 21.8. The fraction of sp³-hybridized carbons (Fsp3) is 0.0769. The number of furan rings is 1. The van der Waals surface area contributed by atoms with E-state index in [-0.39, 0.29) is 16.9 Å². The molecule has 0 unspecified atom stereocenters. The first-order valence-electron chi connectivity index (χ1n) is 10.3. The summed E-state index contributed by atoms with van der Waals surface area (Å²) in [6.07, 6.45) is 1.47. The van der Waals surface area contributed by atoms with E-state index in [1.165, 1.54) is 28.5 Å². The molecule has 0 atom stereocenters. The van der Waals surface area contributed by atoms with Gasteiger partial charge < -0.3 is 4.42 Å². The summed E-state index contributed by atoms with van der Waals surface area (Å²) in [7, 11) is 0. The highest BCUT2D eigenvalue weighted by Crippen LogP contribution is 2.49. The second-order valence-electron chi connectivity index (χ2n) is 7.48. The predicted octanol–water partition coefficient (Wildman–Crippen LogP) is 7.21. The monoisotopic (exact) mass is 492 g/mol. The number of amides is 1. The molecule has 0 radical (unpaired) electrons. The van der Waals surface area contributed by atoms with E-state index in [0.29, 0.717) is 21.6 Å². The van der Waals surface area contributed by atoms with Gasteiger partial charge in [-0.25, -0.2) is 5.43 Å². The third kappa shape index (κ3) is 4.58. The van der Waals surface area contributed by atoms with Crippen molar-refractivity contribution in [2.24, 2.45) is 5.10 Å². The van der Waals surface area contributed by atoms with Gasteiger partial charge in [-0.1, -0.05) is 71.7 Å². The maximum Gasteiger partial charge on any atom is 0.250 e. The van der Waals surface area contributed by atoms with Crippen LogP contribution in [0.3, 0.4) is 0 Å². The van der Waals surface area contributed by atoms with E-state index in [4.69, 9.17) is 27.6 Å². The number of hydrazone groups is 1.